The number of nitrogens with two attached hydrogens (primary N) is 1. The van der Waals surface area contributed by atoms with Crippen molar-refractivity contribution in [3.05, 3.63) is 36.0 Å². The van der Waals surface area contributed by atoms with Crippen molar-refractivity contribution in [2.24, 2.45) is 11.7 Å². The van der Waals surface area contributed by atoms with Crippen LogP contribution in [0, 0.1) is 5.92 Å². The average Bonchev–Trinajstić information content (AvgIpc) is 2.44. The zero-order valence-electron chi connectivity index (χ0n) is 11.7. The molecule has 106 valence electrons. The Kier molecular flexibility index (Phi) is 4.87. The first-order valence-corrected chi connectivity index (χ1v) is 6.94. The summed E-state index contributed by atoms with van der Waals surface area (Å²) in [6.07, 6.45) is 1.73. The summed E-state index contributed by atoms with van der Waals surface area (Å²) in [6, 6.07) is 7.94. The van der Waals surface area contributed by atoms with Crippen LogP contribution in [0.25, 0.3) is 10.9 Å². The SMILES string of the molecule is COCC(C)CNc1c(C(N)=S)cnc2ccccc12. The van der Waals surface area contributed by atoms with E-state index < -0.39 is 0 Å². The van der Waals surface area contributed by atoms with Crippen LogP contribution in [-0.2, 0) is 4.74 Å². The van der Waals surface area contributed by atoms with Gasteiger partial charge in [0.05, 0.1) is 23.4 Å². The van der Waals surface area contributed by atoms with E-state index in [0.717, 1.165) is 28.7 Å². The third kappa shape index (κ3) is 3.23. The second-order valence-electron chi connectivity index (χ2n) is 4.87. The largest absolute Gasteiger partial charge is 0.389 e. The average molecular weight is 289 g/mol. The van der Waals surface area contributed by atoms with E-state index in [-0.39, 0.29) is 0 Å². The summed E-state index contributed by atoms with van der Waals surface area (Å²) in [6.45, 7) is 3.62. The van der Waals surface area contributed by atoms with E-state index in [1.807, 2.05) is 24.3 Å². The summed E-state index contributed by atoms with van der Waals surface area (Å²) in [5.74, 6) is 0.395. The molecule has 4 nitrogen and oxygen atoms in total. The highest BCUT2D eigenvalue weighted by Crippen LogP contribution is 2.26. The van der Waals surface area contributed by atoms with E-state index in [1.54, 1.807) is 13.3 Å². The Hall–Kier alpha value is -1.72. The molecule has 1 atom stereocenters. The molecule has 0 radical (unpaired) electrons. The molecular weight excluding hydrogens is 270 g/mol. The maximum Gasteiger partial charge on any atom is 0.107 e. The van der Waals surface area contributed by atoms with E-state index in [0.29, 0.717) is 17.5 Å². The van der Waals surface area contributed by atoms with Crippen molar-refractivity contribution in [1.29, 1.82) is 0 Å². The molecule has 0 spiro atoms. The Balaban J connectivity index is 2.37. The molecule has 5 heteroatoms. The number of pyridine rings is 1. The van der Waals surface area contributed by atoms with E-state index in [4.69, 9.17) is 22.7 Å². The number of hydrogen-bond acceptors (Lipinski definition) is 4. The third-order valence-electron chi connectivity index (χ3n) is 3.12. The lowest BCUT2D eigenvalue weighted by molar-refractivity contribution is 0.164. The van der Waals surface area contributed by atoms with Crippen LogP contribution in [0.1, 0.15) is 12.5 Å². The van der Waals surface area contributed by atoms with Gasteiger partial charge in [0, 0.05) is 25.2 Å². The second-order valence-corrected chi connectivity index (χ2v) is 5.31. The first-order valence-electron chi connectivity index (χ1n) is 6.53. The highest BCUT2D eigenvalue weighted by atomic mass is 32.1. The molecule has 1 aromatic carbocycles. The maximum absolute atomic E-state index is 5.80. The van der Waals surface area contributed by atoms with Crippen molar-refractivity contribution in [1.82, 2.24) is 4.98 Å². The molecule has 20 heavy (non-hydrogen) atoms. The minimum Gasteiger partial charge on any atom is -0.389 e. The Labute approximate surface area is 124 Å². The van der Waals surface area contributed by atoms with Crippen LogP contribution in [0.2, 0.25) is 0 Å². The molecule has 0 fully saturated rings. The number of methoxy groups -OCH3 is 1. The molecule has 0 saturated carbocycles. The standard InChI is InChI=1S/C15H19N3OS/c1-10(9-19-2)7-18-14-11-5-3-4-6-13(11)17-8-12(14)15(16)20/h3-6,8,10H,7,9H2,1-2H3,(H2,16,20)(H,17,18). The zero-order chi connectivity index (χ0) is 14.5. The first kappa shape index (κ1) is 14.7. The topological polar surface area (TPSA) is 60.2 Å². The third-order valence-corrected chi connectivity index (χ3v) is 3.34. The van der Waals surface area contributed by atoms with Crippen molar-refractivity contribution in [2.45, 2.75) is 6.92 Å². The second kappa shape index (κ2) is 6.63. The molecule has 0 aliphatic heterocycles. The Morgan fingerprint density at radius 2 is 2.20 bits per heavy atom. The number of thiocarbonyl (C=S) groups is 1. The maximum atomic E-state index is 5.80. The van der Waals surface area contributed by atoms with Gasteiger partial charge in [0.25, 0.3) is 0 Å². The van der Waals surface area contributed by atoms with Crippen molar-refractivity contribution in [2.75, 3.05) is 25.6 Å². The lowest BCUT2D eigenvalue weighted by atomic mass is 10.1. The minimum absolute atomic E-state index is 0.352. The minimum atomic E-state index is 0.352. The van der Waals surface area contributed by atoms with Crippen LogP contribution in [0.15, 0.2) is 30.5 Å². The van der Waals surface area contributed by atoms with Gasteiger partial charge in [0.1, 0.15) is 4.99 Å². The molecule has 3 N–H and O–H groups in total. The van der Waals surface area contributed by atoms with Crippen LogP contribution in [0.3, 0.4) is 0 Å². The van der Waals surface area contributed by atoms with Crippen LogP contribution >= 0.6 is 12.2 Å². The summed E-state index contributed by atoms with van der Waals surface area (Å²) >= 11 is 5.12. The number of ether oxygens (including phenoxy) is 1. The molecule has 1 unspecified atom stereocenters. The summed E-state index contributed by atoms with van der Waals surface area (Å²) < 4.78 is 5.15. The molecule has 1 heterocycles. The number of nitrogens with one attached hydrogen (secondary N) is 1. The number of fused-ring (bicyclic) bond motifs is 1. The first-order chi connectivity index (χ1) is 9.63. The Morgan fingerprint density at radius 3 is 2.90 bits per heavy atom. The number of rotatable bonds is 6. The van der Waals surface area contributed by atoms with Gasteiger partial charge in [-0.25, -0.2) is 0 Å². The molecule has 2 aromatic rings. The van der Waals surface area contributed by atoms with Crippen molar-refractivity contribution >= 4 is 33.8 Å². The van der Waals surface area contributed by atoms with Gasteiger partial charge in [-0.1, -0.05) is 37.3 Å². The molecule has 0 amide bonds. The summed E-state index contributed by atoms with van der Waals surface area (Å²) in [5, 5.41) is 4.46. The van der Waals surface area contributed by atoms with Gasteiger partial charge in [-0.15, -0.1) is 0 Å². The lowest BCUT2D eigenvalue weighted by Gasteiger charge is -2.17. The Morgan fingerprint density at radius 1 is 1.45 bits per heavy atom. The fraction of sp³-hybridized carbons (Fsp3) is 0.333. The highest BCUT2D eigenvalue weighted by Gasteiger charge is 2.11. The zero-order valence-corrected chi connectivity index (χ0v) is 12.5. The van der Waals surface area contributed by atoms with Gasteiger partial charge in [0.15, 0.2) is 0 Å². The van der Waals surface area contributed by atoms with Crippen LogP contribution in [0.5, 0.6) is 0 Å². The Bertz CT molecular complexity index is 615. The lowest BCUT2D eigenvalue weighted by Crippen LogP contribution is -2.19. The quantitative estimate of drug-likeness (QED) is 0.800. The van der Waals surface area contributed by atoms with Gasteiger partial charge in [-0.05, 0) is 12.0 Å². The predicted octanol–water partition coefficient (Wildman–Crippen LogP) is 2.56. The molecular formula is C15H19N3OS. The van der Waals surface area contributed by atoms with E-state index in [9.17, 15) is 0 Å². The smallest absolute Gasteiger partial charge is 0.107 e. The molecule has 0 aliphatic rings. The number of benzene rings is 1. The number of para-hydroxylation sites is 1. The van der Waals surface area contributed by atoms with Gasteiger partial charge >= 0.3 is 0 Å². The molecule has 0 aliphatic carbocycles. The van der Waals surface area contributed by atoms with Gasteiger partial charge in [-0.3, -0.25) is 4.98 Å². The molecule has 0 bridgehead atoms. The summed E-state index contributed by atoms with van der Waals surface area (Å²) in [7, 11) is 1.71. The normalized spacial score (nSPS) is 12.3. The van der Waals surface area contributed by atoms with Crippen molar-refractivity contribution in [3.63, 3.8) is 0 Å². The molecule has 0 saturated heterocycles. The van der Waals surface area contributed by atoms with Gasteiger partial charge < -0.3 is 15.8 Å². The van der Waals surface area contributed by atoms with Crippen LogP contribution in [0.4, 0.5) is 5.69 Å². The number of nitrogens with zero attached hydrogens (tertiary/aromatic N) is 1. The molecule has 2 rings (SSSR count). The van der Waals surface area contributed by atoms with Gasteiger partial charge in [-0.2, -0.15) is 0 Å². The summed E-state index contributed by atoms with van der Waals surface area (Å²) in [4.78, 5) is 4.75. The van der Waals surface area contributed by atoms with Crippen molar-refractivity contribution in [3.8, 4) is 0 Å². The fourth-order valence-corrected chi connectivity index (χ4v) is 2.29. The van der Waals surface area contributed by atoms with Gasteiger partial charge in [0.2, 0.25) is 0 Å². The van der Waals surface area contributed by atoms with Crippen molar-refractivity contribution < 1.29 is 4.74 Å². The van der Waals surface area contributed by atoms with Crippen LogP contribution in [-0.4, -0.2) is 30.2 Å². The summed E-state index contributed by atoms with van der Waals surface area (Å²) in [5.41, 5.74) is 8.45. The van der Waals surface area contributed by atoms with E-state index >= 15 is 0 Å². The number of aromatic nitrogens is 1. The highest BCUT2D eigenvalue weighted by molar-refractivity contribution is 7.80. The molecule has 1 aromatic heterocycles. The monoisotopic (exact) mass is 289 g/mol. The fourth-order valence-electron chi connectivity index (χ4n) is 2.14. The number of anilines is 1. The van der Waals surface area contributed by atoms with Crippen LogP contribution < -0.4 is 11.1 Å². The van der Waals surface area contributed by atoms with E-state index in [2.05, 4.69) is 17.2 Å². The predicted molar refractivity (Wildman–Crippen MR) is 87.2 cm³/mol. The van der Waals surface area contributed by atoms with E-state index in [1.165, 1.54) is 0 Å². The number of hydrogen-bond donors (Lipinski definition) is 2.